The predicted octanol–water partition coefficient (Wildman–Crippen LogP) is 1.49. The Bertz CT molecular complexity index is 350. The average molecular weight is 212 g/mol. The Balaban J connectivity index is 2.18. The van der Waals surface area contributed by atoms with Gasteiger partial charge >= 0.3 is 0 Å². The van der Waals surface area contributed by atoms with Crippen molar-refractivity contribution in [2.45, 2.75) is 0 Å². The fourth-order valence-corrected chi connectivity index (χ4v) is 1.36. The number of anilines is 1. The minimum absolute atomic E-state index is 0.479. The van der Waals surface area contributed by atoms with Crippen LogP contribution < -0.4 is 10.4 Å². The number of guanidine groups is 1. The zero-order chi connectivity index (χ0) is 9.97. The molecule has 0 saturated heterocycles. The molecule has 2 N–H and O–H groups in total. The molecule has 1 aromatic carbocycles. The lowest BCUT2D eigenvalue weighted by Crippen LogP contribution is -2.36. The van der Waals surface area contributed by atoms with Gasteiger partial charge in [-0.3, -0.25) is 5.21 Å². The highest BCUT2D eigenvalue weighted by Crippen LogP contribution is 2.16. The molecule has 0 atom stereocenters. The van der Waals surface area contributed by atoms with Crippen molar-refractivity contribution in [3.05, 3.63) is 29.3 Å². The number of nitrogens with one attached hydrogen (secondary N) is 1. The van der Waals surface area contributed by atoms with E-state index < -0.39 is 0 Å². The molecule has 0 bridgehead atoms. The number of halogens is 1. The summed E-state index contributed by atoms with van der Waals surface area (Å²) in [5.41, 5.74) is 0.641. The Kier molecular flexibility index (Phi) is 2.56. The first-order valence-corrected chi connectivity index (χ1v) is 4.68. The maximum atomic E-state index is 9.71. The number of benzene rings is 1. The van der Waals surface area contributed by atoms with E-state index in [0.717, 1.165) is 11.6 Å². The molecule has 1 aliphatic rings. The molecule has 0 aliphatic carbocycles. The molecule has 0 aromatic heterocycles. The van der Waals surface area contributed by atoms with Gasteiger partial charge in [-0.2, -0.15) is 5.06 Å². The molecule has 5 heteroatoms. The van der Waals surface area contributed by atoms with Crippen molar-refractivity contribution in [3.8, 4) is 0 Å². The third kappa shape index (κ3) is 1.81. The fraction of sp³-hybridized carbons (Fsp3) is 0.222. The number of hydroxylamine groups is 1. The van der Waals surface area contributed by atoms with E-state index in [9.17, 15) is 5.21 Å². The quantitative estimate of drug-likeness (QED) is 0.692. The predicted molar refractivity (Wildman–Crippen MR) is 56.0 cm³/mol. The second-order valence-electron chi connectivity index (χ2n) is 2.92. The van der Waals surface area contributed by atoms with Gasteiger partial charge in [0.1, 0.15) is 0 Å². The van der Waals surface area contributed by atoms with Crippen LogP contribution in [-0.2, 0) is 0 Å². The van der Waals surface area contributed by atoms with E-state index in [1.54, 1.807) is 24.3 Å². The summed E-state index contributed by atoms with van der Waals surface area (Å²) in [6.07, 6.45) is 0. The largest absolute Gasteiger partial charge is 0.352 e. The van der Waals surface area contributed by atoms with Crippen molar-refractivity contribution in [1.29, 1.82) is 0 Å². The minimum atomic E-state index is 0.479. The minimum Gasteiger partial charge on any atom is -0.352 e. The molecule has 1 aliphatic heterocycles. The van der Waals surface area contributed by atoms with Gasteiger partial charge in [0.15, 0.2) is 0 Å². The first-order valence-electron chi connectivity index (χ1n) is 4.30. The van der Waals surface area contributed by atoms with Gasteiger partial charge in [0.2, 0.25) is 5.96 Å². The fourth-order valence-electron chi connectivity index (χ4n) is 1.23. The SMILES string of the molecule is ON(C1=NCCN1)c1ccc(Cl)cc1. The zero-order valence-corrected chi connectivity index (χ0v) is 8.20. The second kappa shape index (κ2) is 3.86. The molecule has 14 heavy (non-hydrogen) atoms. The van der Waals surface area contributed by atoms with Gasteiger partial charge in [-0.05, 0) is 24.3 Å². The summed E-state index contributed by atoms with van der Waals surface area (Å²) >= 11 is 5.73. The van der Waals surface area contributed by atoms with Crippen LogP contribution in [0.25, 0.3) is 0 Å². The number of nitrogens with zero attached hydrogens (tertiary/aromatic N) is 2. The van der Waals surface area contributed by atoms with Crippen LogP contribution in [-0.4, -0.2) is 24.3 Å². The van der Waals surface area contributed by atoms with E-state index >= 15 is 0 Å². The van der Waals surface area contributed by atoms with Crippen molar-refractivity contribution < 1.29 is 5.21 Å². The van der Waals surface area contributed by atoms with Crippen LogP contribution >= 0.6 is 11.6 Å². The average Bonchev–Trinajstić information content (AvgIpc) is 2.71. The summed E-state index contributed by atoms with van der Waals surface area (Å²) in [7, 11) is 0. The number of aliphatic imine (C=N–C) groups is 1. The van der Waals surface area contributed by atoms with Crippen LogP contribution in [0.2, 0.25) is 5.02 Å². The van der Waals surface area contributed by atoms with Crippen molar-refractivity contribution in [2.75, 3.05) is 18.2 Å². The van der Waals surface area contributed by atoms with Gasteiger partial charge in [0.25, 0.3) is 0 Å². The molecule has 0 unspecified atom stereocenters. The van der Waals surface area contributed by atoms with E-state index in [-0.39, 0.29) is 0 Å². The summed E-state index contributed by atoms with van der Waals surface area (Å²) in [5, 5.41) is 14.3. The van der Waals surface area contributed by atoms with Crippen molar-refractivity contribution >= 4 is 23.2 Å². The Hall–Kier alpha value is -1.26. The van der Waals surface area contributed by atoms with Crippen LogP contribution in [0, 0.1) is 0 Å². The molecule has 4 nitrogen and oxygen atoms in total. The smallest absolute Gasteiger partial charge is 0.223 e. The monoisotopic (exact) mass is 211 g/mol. The van der Waals surface area contributed by atoms with Gasteiger partial charge in [-0.1, -0.05) is 11.6 Å². The van der Waals surface area contributed by atoms with Crippen molar-refractivity contribution in [1.82, 2.24) is 5.32 Å². The van der Waals surface area contributed by atoms with Gasteiger partial charge in [0, 0.05) is 11.6 Å². The van der Waals surface area contributed by atoms with Crippen LogP contribution in [0.1, 0.15) is 0 Å². The highest BCUT2D eigenvalue weighted by Gasteiger charge is 2.13. The zero-order valence-electron chi connectivity index (χ0n) is 7.44. The molecule has 1 heterocycles. The van der Waals surface area contributed by atoms with E-state index in [1.807, 2.05) is 0 Å². The maximum absolute atomic E-state index is 9.71. The van der Waals surface area contributed by atoms with Crippen molar-refractivity contribution in [2.24, 2.45) is 4.99 Å². The summed E-state index contributed by atoms with van der Waals surface area (Å²) in [5.74, 6) is 0.479. The van der Waals surface area contributed by atoms with Gasteiger partial charge < -0.3 is 5.32 Å². The summed E-state index contributed by atoms with van der Waals surface area (Å²) in [4.78, 5) is 4.08. The molecule has 0 amide bonds. The molecule has 0 spiro atoms. The molecule has 0 saturated carbocycles. The number of rotatable bonds is 1. The van der Waals surface area contributed by atoms with Crippen LogP contribution in [0.3, 0.4) is 0 Å². The van der Waals surface area contributed by atoms with Crippen LogP contribution in [0.5, 0.6) is 0 Å². The Morgan fingerprint density at radius 2 is 2.07 bits per heavy atom. The number of hydrogen-bond donors (Lipinski definition) is 2. The van der Waals surface area contributed by atoms with Crippen molar-refractivity contribution in [3.63, 3.8) is 0 Å². The Morgan fingerprint density at radius 3 is 2.64 bits per heavy atom. The van der Waals surface area contributed by atoms with Gasteiger partial charge in [-0.15, -0.1) is 0 Å². The standard InChI is InChI=1S/C9H10ClN3O/c10-7-1-3-8(4-2-7)13(14)9-11-5-6-12-9/h1-4,14H,5-6H2,(H,11,12). The molecular weight excluding hydrogens is 202 g/mol. The summed E-state index contributed by atoms with van der Waals surface area (Å²) < 4.78 is 0. The lowest BCUT2D eigenvalue weighted by molar-refractivity contribution is 0.309. The summed E-state index contributed by atoms with van der Waals surface area (Å²) in [6, 6.07) is 6.89. The molecule has 0 fully saturated rings. The number of hydrogen-bond acceptors (Lipinski definition) is 4. The van der Waals surface area contributed by atoms with Gasteiger partial charge in [0.05, 0.1) is 12.2 Å². The highest BCUT2D eigenvalue weighted by molar-refractivity contribution is 6.30. The van der Waals surface area contributed by atoms with E-state index in [1.165, 1.54) is 0 Å². The Morgan fingerprint density at radius 1 is 1.36 bits per heavy atom. The lowest BCUT2D eigenvalue weighted by atomic mass is 10.3. The summed E-state index contributed by atoms with van der Waals surface area (Å²) in [6.45, 7) is 1.46. The highest BCUT2D eigenvalue weighted by atomic mass is 35.5. The topological polar surface area (TPSA) is 47.9 Å². The molecular formula is C9H10ClN3O. The second-order valence-corrected chi connectivity index (χ2v) is 3.36. The van der Waals surface area contributed by atoms with E-state index in [4.69, 9.17) is 11.6 Å². The normalized spacial score (nSPS) is 14.9. The third-order valence-electron chi connectivity index (χ3n) is 1.93. The maximum Gasteiger partial charge on any atom is 0.223 e. The molecule has 1 aromatic rings. The van der Waals surface area contributed by atoms with Crippen LogP contribution in [0.4, 0.5) is 5.69 Å². The lowest BCUT2D eigenvalue weighted by Gasteiger charge is -2.16. The third-order valence-corrected chi connectivity index (χ3v) is 2.18. The first-order chi connectivity index (χ1) is 6.77. The van der Waals surface area contributed by atoms with E-state index in [2.05, 4.69) is 10.3 Å². The van der Waals surface area contributed by atoms with Gasteiger partial charge in [-0.25, -0.2) is 4.99 Å². The van der Waals surface area contributed by atoms with E-state index in [0.29, 0.717) is 23.2 Å². The molecule has 0 radical (unpaired) electrons. The molecule has 74 valence electrons. The first kappa shape index (κ1) is 9.30. The molecule has 2 rings (SSSR count). The Labute approximate surface area is 86.8 Å². The van der Waals surface area contributed by atoms with Crippen LogP contribution in [0.15, 0.2) is 29.3 Å².